The second-order valence-corrected chi connectivity index (χ2v) is 4.75. The van der Waals surface area contributed by atoms with Gasteiger partial charge in [-0.25, -0.2) is 4.79 Å². The third-order valence-electron chi connectivity index (χ3n) is 2.30. The van der Waals surface area contributed by atoms with Crippen molar-refractivity contribution in [3.63, 3.8) is 0 Å². The monoisotopic (exact) mass is 290 g/mol. The summed E-state index contributed by atoms with van der Waals surface area (Å²) >= 11 is 11.7. The summed E-state index contributed by atoms with van der Waals surface area (Å²) in [5.41, 5.74) is 0.476. The normalized spacial score (nSPS) is 12.0. The van der Waals surface area contributed by atoms with Gasteiger partial charge in [0.25, 0.3) is 0 Å². The standard InChI is InChI=1S/C12H16Cl2N2O2/c1-2-3-9(17)7-15-12(18)16-11-5-4-8(13)6-10(11)14/h4-6,9,17H,2-3,7H2,1H3,(H2,15,16,18). The summed E-state index contributed by atoms with van der Waals surface area (Å²) in [6.07, 6.45) is 0.997. The summed E-state index contributed by atoms with van der Waals surface area (Å²) < 4.78 is 0. The maximum atomic E-state index is 11.5. The average molecular weight is 291 g/mol. The molecule has 2 amide bonds. The molecule has 4 nitrogen and oxygen atoms in total. The molecule has 0 saturated carbocycles. The van der Waals surface area contributed by atoms with Gasteiger partial charge in [0, 0.05) is 11.6 Å². The molecule has 100 valence electrons. The van der Waals surface area contributed by atoms with Crippen LogP contribution in [0.15, 0.2) is 18.2 Å². The zero-order valence-electron chi connectivity index (χ0n) is 10.0. The van der Waals surface area contributed by atoms with Crippen molar-refractivity contribution in [3.8, 4) is 0 Å². The van der Waals surface area contributed by atoms with Gasteiger partial charge in [0.2, 0.25) is 0 Å². The van der Waals surface area contributed by atoms with Crippen molar-refractivity contribution in [2.45, 2.75) is 25.9 Å². The number of benzene rings is 1. The van der Waals surface area contributed by atoms with Crippen LogP contribution in [0.2, 0.25) is 10.0 Å². The van der Waals surface area contributed by atoms with Gasteiger partial charge in [-0.3, -0.25) is 0 Å². The summed E-state index contributed by atoms with van der Waals surface area (Å²) in [5.74, 6) is 0. The molecule has 1 aromatic carbocycles. The second kappa shape index (κ2) is 7.46. The topological polar surface area (TPSA) is 61.4 Å². The van der Waals surface area contributed by atoms with E-state index in [1.54, 1.807) is 18.2 Å². The van der Waals surface area contributed by atoms with Gasteiger partial charge in [0.1, 0.15) is 0 Å². The number of hydrogen-bond acceptors (Lipinski definition) is 2. The minimum atomic E-state index is -0.526. The Morgan fingerprint density at radius 1 is 1.44 bits per heavy atom. The van der Waals surface area contributed by atoms with Gasteiger partial charge in [0.15, 0.2) is 0 Å². The third-order valence-corrected chi connectivity index (χ3v) is 2.85. The van der Waals surface area contributed by atoms with Crippen LogP contribution >= 0.6 is 23.2 Å². The number of amides is 2. The maximum absolute atomic E-state index is 11.5. The first-order chi connectivity index (χ1) is 8.52. The van der Waals surface area contributed by atoms with E-state index >= 15 is 0 Å². The minimum absolute atomic E-state index is 0.213. The summed E-state index contributed by atoms with van der Waals surface area (Å²) in [4.78, 5) is 11.5. The maximum Gasteiger partial charge on any atom is 0.319 e. The van der Waals surface area contributed by atoms with Crippen molar-refractivity contribution >= 4 is 34.9 Å². The Labute approximate surface area is 116 Å². The van der Waals surface area contributed by atoms with Crippen molar-refractivity contribution in [2.75, 3.05) is 11.9 Å². The highest BCUT2D eigenvalue weighted by Gasteiger charge is 2.08. The molecule has 0 fully saturated rings. The number of aliphatic hydroxyl groups excluding tert-OH is 1. The van der Waals surface area contributed by atoms with Crippen LogP contribution in [0.1, 0.15) is 19.8 Å². The lowest BCUT2D eigenvalue weighted by Crippen LogP contribution is -2.35. The van der Waals surface area contributed by atoms with E-state index in [-0.39, 0.29) is 6.54 Å². The molecule has 0 aliphatic heterocycles. The Morgan fingerprint density at radius 3 is 2.78 bits per heavy atom. The van der Waals surface area contributed by atoms with Gasteiger partial charge in [-0.15, -0.1) is 0 Å². The van der Waals surface area contributed by atoms with Crippen LogP contribution in [0.4, 0.5) is 10.5 Å². The molecule has 0 aliphatic carbocycles. The molecule has 3 N–H and O–H groups in total. The number of rotatable bonds is 5. The molecule has 1 aromatic rings. The average Bonchev–Trinajstić information content (AvgIpc) is 2.31. The smallest absolute Gasteiger partial charge is 0.319 e. The summed E-state index contributed by atoms with van der Waals surface area (Å²) in [5, 5.41) is 15.5. The molecule has 0 radical (unpaired) electrons. The number of urea groups is 1. The lowest BCUT2D eigenvalue weighted by Gasteiger charge is -2.12. The fourth-order valence-electron chi connectivity index (χ4n) is 1.40. The molecule has 1 rings (SSSR count). The lowest BCUT2D eigenvalue weighted by molar-refractivity contribution is 0.162. The van der Waals surface area contributed by atoms with Crippen LogP contribution in [-0.4, -0.2) is 23.8 Å². The highest BCUT2D eigenvalue weighted by Crippen LogP contribution is 2.25. The molecule has 0 saturated heterocycles. The number of halogens is 2. The largest absolute Gasteiger partial charge is 0.391 e. The molecular formula is C12H16Cl2N2O2. The minimum Gasteiger partial charge on any atom is -0.391 e. The van der Waals surface area contributed by atoms with Gasteiger partial charge in [-0.1, -0.05) is 36.5 Å². The van der Waals surface area contributed by atoms with Gasteiger partial charge >= 0.3 is 6.03 Å². The van der Waals surface area contributed by atoms with Crippen molar-refractivity contribution in [3.05, 3.63) is 28.2 Å². The van der Waals surface area contributed by atoms with E-state index < -0.39 is 12.1 Å². The number of anilines is 1. The molecule has 6 heteroatoms. The van der Waals surface area contributed by atoms with Gasteiger partial charge in [0.05, 0.1) is 16.8 Å². The Bertz CT molecular complexity index is 413. The molecule has 0 heterocycles. The molecule has 1 atom stereocenters. The van der Waals surface area contributed by atoms with E-state index in [0.717, 1.165) is 6.42 Å². The summed E-state index contributed by atoms with van der Waals surface area (Å²) in [6.45, 7) is 2.18. The van der Waals surface area contributed by atoms with Crippen molar-refractivity contribution < 1.29 is 9.90 Å². The van der Waals surface area contributed by atoms with Crippen molar-refractivity contribution in [1.82, 2.24) is 5.32 Å². The van der Waals surface area contributed by atoms with Crippen LogP contribution in [0.5, 0.6) is 0 Å². The van der Waals surface area contributed by atoms with E-state index in [1.807, 2.05) is 6.92 Å². The number of carbonyl (C=O) groups is 1. The van der Waals surface area contributed by atoms with E-state index in [9.17, 15) is 9.90 Å². The number of carbonyl (C=O) groups excluding carboxylic acids is 1. The second-order valence-electron chi connectivity index (χ2n) is 3.90. The predicted molar refractivity (Wildman–Crippen MR) is 74.4 cm³/mol. The third kappa shape index (κ3) is 5.12. The quantitative estimate of drug-likeness (QED) is 0.779. The van der Waals surface area contributed by atoms with E-state index in [4.69, 9.17) is 23.2 Å². The van der Waals surface area contributed by atoms with Gasteiger partial charge in [-0.2, -0.15) is 0 Å². The van der Waals surface area contributed by atoms with Gasteiger partial charge in [-0.05, 0) is 24.6 Å². The fraction of sp³-hybridized carbons (Fsp3) is 0.417. The predicted octanol–water partition coefficient (Wildman–Crippen LogP) is 3.28. The first-order valence-electron chi connectivity index (χ1n) is 5.71. The lowest BCUT2D eigenvalue weighted by atomic mass is 10.2. The van der Waals surface area contributed by atoms with E-state index in [0.29, 0.717) is 22.2 Å². The van der Waals surface area contributed by atoms with Crippen molar-refractivity contribution in [1.29, 1.82) is 0 Å². The SMILES string of the molecule is CCCC(O)CNC(=O)Nc1ccc(Cl)cc1Cl. The molecule has 1 unspecified atom stereocenters. The van der Waals surface area contributed by atoms with Crippen LogP contribution < -0.4 is 10.6 Å². The molecule has 0 aromatic heterocycles. The highest BCUT2D eigenvalue weighted by atomic mass is 35.5. The Kier molecular flexibility index (Phi) is 6.25. The molecule has 0 spiro atoms. The Morgan fingerprint density at radius 2 is 2.17 bits per heavy atom. The first kappa shape index (κ1) is 15.1. The van der Waals surface area contributed by atoms with Gasteiger partial charge < -0.3 is 15.7 Å². The number of aliphatic hydroxyl groups is 1. The van der Waals surface area contributed by atoms with E-state index in [2.05, 4.69) is 10.6 Å². The summed E-state index contributed by atoms with van der Waals surface area (Å²) in [7, 11) is 0. The highest BCUT2D eigenvalue weighted by molar-refractivity contribution is 6.36. The molecule has 0 aliphatic rings. The summed E-state index contributed by atoms with van der Waals surface area (Å²) in [6, 6.07) is 4.39. The Balaban J connectivity index is 2.44. The van der Waals surface area contributed by atoms with Crippen LogP contribution in [-0.2, 0) is 0 Å². The number of hydrogen-bond donors (Lipinski definition) is 3. The van der Waals surface area contributed by atoms with Crippen LogP contribution in [0, 0.1) is 0 Å². The van der Waals surface area contributed by atoms with Crippen LogP contribution in [0.3, 0.4) is 0 Å². The number of nitrogens with one attached hydrogen (secondary N) is 2. The Hall–Kier alpha value is -0.970. The van der Waals surface area contributed by atoms with E-state index in [1.165, 1.54) is 0 Å². The molecular weight excluding hydrogens is 275 g/mol. The zero-order valence-corrected chi connectivity index (χ0v) is 11.6. The first-order valence-corrected chi connectivity index (χ1v) is 6.46. The van der Waals surface area contributed by atoms with Crippen molar-refractivity contribution in [2.24, 2.45) is 0 Å². The zero-order chi connectivity index (χ0) is 13.5. The molecule has 0 bridgehead atoms. The van der Waals surface area contributed by atoms with Crippen LogP contribution in [0.25, 0.3) is 0 Å². The molecule has 18 heavy (non-hydrogen) atoms. The fourth-order valence-corrected chi connectivity index (χ4v) is 1.86.